The fourth-order valence-corrected chi connectivity index (χ4v) is 0.490. The van der Waals surface area contributed by atoms with Crippen molar-refractivity contribution < 1.29 is 0 Å². The SMILES string of the molecule is CCCCCN=NN. The number of nitrogens with zero attached hydrogens (tertiary/aromatic N) is 2. The highest BCUT2D eigenvalue weighted by atomic mass is 15.3. The molecule has 0 fully saturated rings. The summed E-state index contributed by atoms with van der Waals surface area (Å²) < 4.78 is 0. The summed E-state index contributed by atoms with van der Waals surface area (Å²) in [4.78, 5) is 0. The monoisotopic (exact) mass is 115 g/mol. The molecule has 0 spiro atoms. The van der Waals surface area contributed by atoms with E-state index in [0.717, 1.165) is 13.0 Å². The predicted octanol–water partition coefficient (Wildman–Crippen LogP) is 1.50. The van der Waals surface area contributed by atoms with Gasteiger partial charge in [-0.25, -0.2) is 0 Å². The molecular weight excluding hydrogens is 102 g/mol. The molecule has 0 rings (SSSR count). The van der Waals surface area contributed by atoms with E-state index in [1.807, 2.05) is 0 Å². The van der Waals surface area contributed by atoms with Gasteiger partial charge in [-0.2, -0.15) is 5.11 Å². The third-order valence-electron chi connectivity index (χ3n) is 0.943. The molecule has 0 aromatic heterocycles. The highest BCUT2D eigenvalue weighted by molar-refractivity contribution is 4.38. The van der Waals surface area contributed by atoms with E-state index in [4.69, 9.17) is 5.84 Å². The van der Waals surface area contributed by atoms with Crippen LogP contribution in [0.25, 0.3) is 0 Å². The first kappa shape index (κ1) is 7.40. The van der Waals surface area contributed by atoms with E-state index in [9.17, 15) is 0 Å². The van der Waals surface area contributed by atoms with Crippen LogP contribution in [0.3, 0.4) is 0 Å². The summed E-state index contributed by atoms with van der Waals surface area (Å²) in [5.41, 5.74) is 0. The van der Waals surface area contributed by atoms with Crippen LogP contribution in [-0.4, -0.2) is 6.54 Å². The van der Waals surface area contributed by atoms with Crippen molar-refractivity contribution in [3.8, 4) is 0 Å². The molecule has 0 saturated heterocycles. The Hall–Kier alpha value is -0.600. The molecule has 0 radical (unpaired) electrons. The molecule has 8 heavy (non-hydrogen) atoms. The van der Waals surface area contributed by atoms with Gasteiger partial charge in [0, 0.05) is 0 Å². The maximum absolute atomic E-state index is 4.77. The van der Waals surface area contributed by atoms with E-state index in [0.29, 0.717) is 0 Å². The van der Waals surface area contributed by atoms with Gasteiger partial charge in [0.15, 0.2) is 0 Å². The average Bonchev–Trinajstić information content (AvgIpc) is 1.81. The van der Waals surface area contributed by atoms with Gasteiger partial charge in [0.2, 0.25) is 0 Å². The molecule has 0 aliphatic heterocycles. The van der Waals surface area contributed by atoms with Gasteiger partial charge in [0.25, 0.3) is 0 Å². The van der Waals surface area contributed by atoms with E-state index in [1.165, 1.54) is 12.8 Å². The van der Waals surface area contributed by atoms with Gasteiger partial charge in [0.05, 0.1) is 6.54 Å². The summed E-state index contributed by atoms with van der Waals surface area (Å²) in [7, 11) is 0. The zero-order chi connectivity index (χ0) is 6.24. The van der Waals surface area contributed by atoms with Gasteiger partial charge in [0.1, 0.15) is 0 Å². The van der Waals surface area contributed by atoms with Crippen LogP contribution >= 0.6 is 0 Å². The smallest absolute Gasteiger partial charge is 0.0620 e. The quantitative estimate of drug-likeness (QED) is 0.257. The zero-order valence-electron chi connectivity index (χ0n) is 5.30. The number of unbranched alkanes of at least 4 members (excludes halogenated alkanes) is 2. The summed E-state index contributed by atoms with van der Waals surface area (Å²) in [6.45, 7) is 2.93. The predicted molar refractivity (Wildman–Crippen MR) is 33.4 cm³/mol. The molecule has 0 heterocycles. The Morgan fingerprint density at radius 3 is 2.62 bits per heavy atom. The zero-order valence-corrected chi connectivity index (χ0v) is 5.30. The van der Waals surface area contributed by atoms with Crippen LogP contribution in [0.1, 0.15) is 26.2 Å². The Kier molecular flexibility index (Phi) is 5.92. The van der Waals surface area contributed by atoms with E-state index in [-0.39, 0.29) is 0 Å². The lowest BCUT2D eigenvalue weighted by Crippen LogP contribution is -1.81. The van der Waals surface area contributed by atoms with Crippen LogP contribution in [0, 0.1) is 0 Å². The Morgan fingerprint density at radius 2 is 2.12 bits per heavy atom. The fourth-order valence-electron chi connectivity index (χ4n) is 0.490. The largest absolute Gasteiger partial charge is 0.305 e. The molecule has 48 valence electrons. The van der Waals surface area contributed by atoms with Crippen molar-refractivity contribution in [3.63, 3.8) is 0 Å². The van der Waals surface area contributed by atoms with Crippen LogP contribution < -0.4 is 5.84 Å². The topological polar surface area (TPSA) is 50.7 Å². The van der Waals surface area contributed by atoms with Crippen LogP contribution in [0.15, 0.2) is 10.3 Å². The first-order chi connectivity index (χ1) is 3.91. The van der Waals surface area contributed by atoms with E-state index in [2.05, 4.69) is 17.3 Å². The summed E-state index contributed by atoms with van der Waals surface area (Å²) >= 11 is 0. The Labute approximate surface area is 50.0 Å². The standard InChI is InChI=1S/C5H13N3/c1-2-3-4-5-7-8-6/h2-5H2,1H3,(H2,6,7). The normalized spacial score (nSPS) is 10.6. The highest BCUT2D eigenvalue weighted by Gasteiger charge is 1.80. The molecule has 0 bridgehead atoms. The van der Waals surface area contributed by atoms with Crippen molar-refractivity contribution >= 4 is 0 Å². The summed E-state index contributed by atoms with van der Waals surface area (Å²) in [6.07, 6.45) is 3.55. The lowest BCUT2D eigenvalue weighted by Gasteiger charge is -1.87. The van der Waals surface area contributed by atoms with Gasteiger partial charge in [-0.1, -0.05) is 25.0 Å². The number of rotatable bonds is 4. The molecule has 0 aromatic rings. The van der Waals surface area contributed by atoms with Gasteiger partial charge >= 0.3 is 0 Å². The number of hydrogen-bond donors (Lipinski definition) is 1. The second-order valence-corrected chi connectivity index (χ2v) is 1.69. The highest BCUT2D eigenvalue weighted by Crippen LogP contribution is 1.92. The van der Waals surface area contributed by atoms with Crippen molar-refractivity contribution in [1.29, 1.82) is 0 Å². The number of hydrogen-bond acceptors (Lipinski definition) is 2. The van der Waals surface area contributed by atoms with Crippen molar-refractivity contribution in [2.75, 3.05) is 6.54 Å². The van der Waals surface area contributed by atoms with Crippen molar-refractivity contribution in [3.05, 3.63) is 0 Å². The van der Waals surface area contributed by atoms with Crippen LogP contribution in [0.2, 0.25) is 0 Å². The molecular formula is C5H13N3. The van der Waals surface area contributed by atoms with Crippen molar-refractivity contribution in [1.82, 2.24) is 0 Å². The lowest BCUT2D eigenvalue weighted by molar-refractivity contribution is 0.704. The van der Waals surface area contributed by atoms with Crippen LogP contribution in [0.5, 0.6) is 0 Å². The minimum absolute atomic E-state index is 0.782. The van der Waals surface area contributed by atoms with Crippen molar-refractivity contribution in [2.45, 2.75) is 26.2 Å². The van der Waals surface area contributed by atoms with Crippen molar-refractivity contribution in [2.24, 2.45) is 16.2 Å². The second kappa shape index (κ2) is 6.40. The summed E-state index contributed by atoms with van der Waals surface area (Å²) in [6, 6.07) is 0. The van der Waals surface area contributed by atoms with Gasteiger partial charge in [-0.15, -0.1) is 0 Å². The second-order valence-electron chi connectivity index (χ2n) is 1.69. The van der Waals surface area contributed by atoms with Crippen LogP contribution in [0.4, 0.5) is 0 Å². The number of nitrogens with two attached hydrogens (primary N) is 1. The fraction of sp³-hybridized carbons (Fsp3) is 1.00. The molecule has 0 saturated carbocycles. The molecule has 2 N–H and O–H groups in total. The van der Waals surface area contributed by atoms with Gasteiger partial charge < -0.3 is 5.84 Å². The molecule has 0 aromatic carbocycles. The Bertz CT molecular complexity index is 60.7. The minimum Gasteiger partial charge on any atom is -0.305 e. The summed E-state index contributed by atoms with van der Waals surface area (Å²) in [5.74, 6) is 4.77. The molecule has 3 nitrogen and oxygen atoms in total. The summed E-state index contributed by atoms with van der Waals surface area (Å²) in [5, 5.41) is 6.74. The molecule has 0 amide bonds. The molecule has 0 aliphatic carbocycles. The van der Waals surface area contributed by atoms with E-state index in [1.54, 1.807) is 0 Å². The van der Waals surface area contributed by atoms with E-state index >= 15 is 0 Å². The molecule has 3 heteroatoms. The lowest BCUT2D eigenvalue weighted by atomic mass is 10.3. The first-order valence-electron chi connectivity index (χ1n) is 2.98. The van der Waals surface area contributed by atoms with Gasteiger partial charge in [-0.05, 0) is 6.42 Å². The maximum atomic E-state index is 4.77. The van der Waals surface area contributed by atoms with Gasteiger partial charge in [-0.3, -0.25) is 0 Å². The van der Waals surface area contributed by atoms with E-state index < -0.39 is 0 Å². The molecule has 0 atom stereocenters. The molecule has 0 aliphatic rings. The third kappa shape index (κ3) is 5.40. The Balaban J connectivity index is 2.72. The third-order valence-corrected chi connectivity index (χ3v) is 0.943. The maximum Gasteiger partial charge on any atom is 0.0620 e. The Morgan fingerprint density at radius 1 is 1.38 bits per heavy atom. The minimum atomic E-state index is 0.782. The molecule has 0 unspecified atom stereocenters. The van der Waals surface area contributed by atoms with Crippen LogP contribution in [-0.2, 0) is 0 Å². The average molecular weight is 115 g/mol. The first-order valence-corrected chi connectivity index (χ1v) is 2.98.